The molecule has 1 aromatic carbocycles. The van der Waals surface area contributed by atoms with Crippen LogP contribution in [0, 0.1) is 40.5 Å². The Morgan fingerprint density at radius 1 is 0.862 bits per heavy atom. The molecular formula is C15H22N4O10. The summed E-state index contributed by atoms with van der Waals surface area (Å²) in [6.45, 7) is 5.57. The smallest absolute Gasteiger partial charge is 0.356 e. The van der Waals surface area contributed by atoms with E-state index < -0.39 is 43.1 Å². The second kappa shape index (κ2) is 10.2. The van der Waals surface area contributed by atoms with Gasteiger partial charge in [0.2, 0.25) is 11.1 Å². The van der Waals surface area contributed by atoms with Crippen molar-refractivity contribution < 1.29 is 30.1 Å². The topological polar surface area (TPSA) is 202 Å². The number of aliphatic hydroxyl groups excluding tert-OH is 1. The van der Waals surface area contributed by atoms with Crippen LogP contribution in [0.4, 0.5) is 0 Å². The van der Waals surface area contributed by atoms with E-state index in [0.717, 1.165) is 0 Å². The number of hydrogen-bond acceptors (Lipinski definition) is 10. The lowest BCUT2D eigenvalue weighted by Crippen LogP contribution is -2.47. The van der Waals surface area contributed by atoms with E-state index >= 15 is 0 Å². The van der Waals surface area contributed by atoms with Gasteiger partial charge >= 0.3 is 10.2 Å². The SMILES string of the molecule is CC(C)(C(O)CC(c1ccccc1)C(C)(C)[N+](=O)[O-])[N+](=O)[O-].O=[N+]([O-])O[N+](=O)[O-]. The molecule has 2 atom stereocenters. The maximum Gasteiger partial charge on any atom is 0.356 e. The van der Waals surface area contributed by atoms with Crippen molar-refractivity contribution in [3.05, 3.63) is 76.4 Å². The molecule has 0 aliphatic carbocycles. The van der Waals surface area contributed by atoms with Crippen LogP contribution in [0.15, 0.2) is 30.3 Å². The molecule has 0 spiro atoms. The summed E-state index contributed by atoms with van der Waals surface area (Å²) in [4.78, 5) is 42.1. The van der Waals surface area contributed by atoms with Crippen LogP contribution in [0.3, 0.4) is 0 Å². The largest absolute Gasteiger partial charge is 0.386 e. The molecule has 0 fully saturated rings. The van der Waals surface area contributed by atoms with E-state index in [9.17, 15) is 25.3 Å². The Kier molecular flexibility index (Phi) is 9.01. The number of benzene rings is 1. The van der Waals surface area contributed by atoms with Crippen molar-refractivity contribution in [2.24, 2.45) is 0 Å². The molecule has 0 radical (unpaired) electrons. The second-order valence-electron chi connectivity index (χ2n) is 7.07. The van der Waals surface area contributed by atoms with Crippen molar-refractivity contribution in [3.63, 3.8) is 0 Å². The molecule has 2 unspecified atom stereocenters. The second-order valence-corrected chi connectivity index (χ2v) is 7.07. The molecule has 14 heteroatoms. The summed E-state index contributed by atoms with van der Waals surface area (Å²) in [5.74, 6) is -0.641. The van der Waals surface area contributed by atoms with Gasteiger partial charge in [0, 0.05) is 42.5 Å². The molecule has 0 saturated carbocycles. The molecule has 14 nitrogen and oxygen atoms in total. The van der Waals surface area contributed by atoms with Crippen LogP contribution in [0.1, 0.15) is 45.6 Å². The predicted octanol–water partition coefficient (Wildman–Crippen LogP) is 2.02. The lowest BCUT2D eigenvalue weighted by Gasteiger charge is -2.31. The van der Waals surface area contributed by atoms with E-state index in [1.807, 2.05) is 0 Å². The Balaban J connectivity index is 0.000000956. The lowest BCUT2D eigenvalue weighted by atomic mass is 9.76. The fourth-order valence-electron chi connectivity index (χ4n) is 2.33. The predicted molar refractivity (Wildman–Crippen MR) is 97.0 cm³/mol. The zero-order valence-corrected chi connectivity index (χ0v) is 16.2. The molecule has 1 N–H and O–H groups in total. The van der Waals surface area contributed by atoms with E-state index in [1.54, 1.807) is 30.3 Å². The van der Waals surface area contributed by atoms with Gasteiger partial charge in [0.15, 0.2) is 0 Å². The molecule has 1 rings (SSSR count). The van der Waals surface area contributed by atoms with Gasteiger partial charge in [-0.15, -0.1) is 20.2 Å². The molecular weight excluding hydrogens is 396 g/mol. The maximum absolute atomic E-state index is 11.4. The normalized spacial score (nSPS) is 13.3. The van der Waals surface area contributed by atoms with Gasteiger partial charge in [-0.1, -0.05) is 30.3 Å². The van der Waals surface area contributed by atoms with Crippen LogP contribution >= 0.6 is 0 Å². The summed E-state index contributed by atoms with van der Waals surface area (Å²) in [6, 6.07) is 8.77. The molecule has 0 amide bonds. The summed E-state index contributed by atoms with van der Waals surface area (Å²) in [6.07, 6.45) is -1.36. The van der Waals surface area contributed by atoms with E-state index in [4.69, 9.17) is 20.2 Å². The van der Waals surface area contributed by atoms with Crippen molar-refractivity contribution in [2.45, 2.75) is 57.2 Å². The van der Waals surface area contributed by atoms with Crippen molar-refractivity contribution in [1.29, 1.82) is 0 Å². The quantitative estimate of drug-likeness (QED) is 0.456. The van der Waals surface area contributed by atoms with Crippen molar-refractivity contribution in [1.82, 2.24) is 0 Å². The van der Waals surface area contributed by atoms with Gasteiger partial charge in [0.25, 0.3) is 0 Å². The van der Waals surface area contributed by atoms with Gasteiger partial charge in [0.05, 0.1) is 5.92 Å². The third kappa shape index (κ3) is 7.61. The first-order valence-electron chi connectivity index (χ1n) is 8.12. The van der Waals surface area contributed by atoms with Crippen LogP contribution in [0.5, 0.6) is 0 Å². The summed E-state index contributed by atoms with van der Waals surface area (Å²) >= 11 is 0. The Morgan fingerprint density at radius 2 is 1.28 bits per heavy atom. The Morgan fingerprint density at radius 3 is 1.59 bits per heavy atom. The van der Waals surface area contributed by atoms with Crippen molar-refractivity contribution in [2.75, 3.05) is 0 Å². The summed E-state index contributed by atoms with van der Waals surface area (Å²) in [5.41, 5.74) is -2.24. The van der Waals surface area contributed by atoms with Gasteiger partial charge < -0.3 is 5.11 Å². The van der Waals surface area contributed by atoms with Gasteiger partial charge in [-0.05, 0) is 12.0 Å². The highest BCUT2D eigenvalue weighted by Crippen LogP contribution is 2.36. The van der Waals surface area contributed by atoms with Crippen LogP contribution in [-0.4, -0.2) is 42.3 Å². The molecule has 0 aromatic heterocycles. The Bertz CT molecular complexity index is 726. The number of aliphatic hydroxyl groups is 1. The van der Waals surface area contributed by atoms with E-state index in [1.165, 1.54) is 27.7 Å². The van der Waals surface area contributed by atoms with Gasteiger partial charge in [-0.25, -0.2) is 0 Å². The monoisotopic (exact) mass is 418 g/mol. The van der Waals surface area contributed by atoms with E-state index in [0.29, 0.717) is 5.56 Å². The zero-order valence-electron chi connectivity index (χ0n) is 16.2. The minimum absolute atomic E-state index is 0.0635. The fourth-order valence-corrected chi connectivity index (χ4v) is 2.33. The molecule has 0 aliphatic heterocycles. The average Bonchev–Trinajstić information content (AvgIpc) is 2.58. The first-order valence-corrected chi connectivity index (χ1v) is 8.12. The lowest BCUT2D eigenvalue weighted by molar-refractivity contribution is -1.03. The molecule has 162 valence electrons. The Labute approximate surface area is 164 Å². The van der Waals surface area contributed by atoms with Crippen LogP contribution in [0.25, 0.3) is 0 Å². The first-order chi connectivity index (χ1) is 13.1. The van der Waals surface area contributed by atoms with E-state index in [-0.39, 0.29) is 6.42 Å². The first kappa shape index (κ1) is 25.6. The van der Waals surface area contributed by atoms with Crippen molar-refractivity contribution >= 4 is 0 Å². The third-order valence-electron chi connectivity index (χ3n) is 4.40. The number of nitrogens with zero attached hydrogens (tertiary/aromatic N) is 4. The molecule has 0 bridgehead atoms. The molecule has 0 aliphatic rings. The fraction of sp³-hybridized carbons (Fsp3) is 0.600. The number of rotatable bonds is 9. The standard InChI is InChI=1S/C15H22N2O5.N2O5/c1-14(2,16(19)20)12(11-8-6-5-7-9-11)10-13(18)15(3,4)17(21)22;3-1(4)7-2(5)6/h5-9,12-13,18H,10H2,1-4H3;. The maximum atomic E-state index is 11.4. The van der Waals surface area contributed by atoms with Gasteiger partial charge in [-0.3, -0.25) is 20.2 Å². The summed E-state index contributed by atoms with van der Waals surface area (Å²) < 4.78 is 0. The van der Waals surface area contributed by atoms with Crippen LogP contribution in [0.2, 0.25) is 0 Å². The Hall–Kier alpha value is -3.42. The van der Waals surface area contributed by atoms with Gasteiger partial charge in [-0.2, -0.15) is 0 Å². The summed E-state index contributed by atoms with van der Waals surface area (Å²) in [5, 5.41) is 47.6. The number of hydrogen-bond donors (Lipinski definition) is 1. The van der Waals surface area contributed by atoms with Crippen LogP contribution in [-0.2, 0) is 4.94 Å². The highest BCUT2D eigenvalue weighted by atomic mass is 17.1. The summed E-state index contributed by atoms with van der Waals surface area (Å²) in [7, 11) is 0. The molecule has 0 saturated heterocycles. The molecule has 0 heterocycles. The number of nitro groups is 2. The van der Waals surface area contributed by atoms with Crippen LogP contribution < -0.4 is 0 Å². The highest BCUT2D eigenvalue weighted by molar-refractivity contribution is 5.22. The third-order valence-corrected chi connectivity index (χ3v) is 4.40. The highest BCUT2D eigenvalue weighted by Gasteiger charge is 2.48. The van der Waals surface area contributed by atoms with E-state index in [2.05, 4.69) is 4.94 Å². The minimum Gasteiger partial charge on any atom is -0.386 e. The average molecular weight is 418 g/mol. The van der Waals surface area contributed by atoms with Crippen molar-refractivity contribution in [3.8, 4) is 0 Å². The minimum atomic E-state index is -1.57. The molecule has 1 aromatic rings. The van der Waals surface area contributed by atoms with Gasteiger partial charge in [0.1, 0.15) is 6.10 Å². The molecule has 29 heavy (non-hydrogen) atoms. The zero-order chi connectivity index (χ0) is 23.0.